The lowest BCUT2D eigenvalue weighted by Gasteiger charge is -2.06. The number of rotatable bonds is 5. The van der Waals surface area contributed by atoms with E-state index in [-0.39, 0.29) is 5.88 Å². The van der Waals surface area contributed by atoms with Crippen LogP contribution < -0.4 is 15.9 Å². The van der Waals surface area contributed by atoms with Gasteiger partial charge in [0.05, 0.1) is 18.9 Å². The largest absolute Gasteiger partial charge is 0.465 e. The van der Waals surface area contributed by atoms with E-state index in [1.54, 1.807) is 24.3 Å². The quantitative estimate of drug-likeness (QED) is 0.494. The number of methoxy groups -OCH3 is 1. The summed E-state index contributed by atoms with van der Waals surface area (Å²) in [5.41, 5.74) is 8.06. The lowest BCUT2D eigenvalue weighted by molar-refractivity contribution is 0.0600. The molecule has 118 valence electrons. The van der Waals surface area contributed by atoms with Gasteiger partial charge in [0.25, 0.3) is 0 Å². The van der Waals surface area contributed by atoms with Crippen molar-refractivity contribution in [1.29, 1.82) is 0 Å². The number of esters is 1. The van der Waals surface area contributed by atoms with Crippen LogP contribution in [0.3, 0.4) is 0 Å². The van der Waals surface area contributed by atoms with Crippen molar-refractivity contribution in [2.45, 2.75) is 0 Å². The van der Waals surface area contributed by atoms with E-state index in [1.807, 2.05) is 0 Å². The zero-order valence-corrected chi connectivity index (χ0v) is 12.2. The molecule has 2 rings (SSSR count). The number of carbonyl (C=O) groups is 2. The van der Waals surface area contributed by atoms with Crippen LogP contribution >= 0.6 is 0 Å². The van der Waals surface area contributed by atoms with Crippen LogP contribution in [0.1, 0.15) is 15.9 Å². The number of pyridine rings is 1. The van der Waals surface area contributed by atoms with Crippen LogP contribution in [0.5, 0.6) is 11.6 Å². The second kappa shape index (κ2) is 7.55. The summed E-state index contributed by atoms with van der Waals surface area (Å²) in [5.74, 6) is 0.329. The van der Waals surface area contributed by atoms with E-state index in [9.17, 15) is 9.59 Å². The van der Waals surface area contributed by atoms with Gasteiger partial charge in [-0.2, -0.15) is 5.10 Å². The first kappa shape index (κ1) is 16.0. The van der Waals surface area contributed by atoms with Gasteiger partial charge in [0.15, 0.2) is 0 Å². The number of benzene rings is 1. The van der Waals surface area contributed by atoms with Crippen molar-refractivity contribution in [3.63, 3.8) is 0 Å². The number of hydrazone groups is 1. The summed E-state index contributed by atoms with van der Waals surface area (Å²) in [7, 11) is 1.30. The molecule has 0 atom stereocenters. The Morgan fingerprint density at radius 1 is 1.26 bits per heavy atom. The predicted octanol–water partition coefficient (Wildman–Crippen LogP) is 1.66. The molecule has 0 saturated heterocycles. The van der Waals surface area contributed by atoms with Crippen molar-refractivity contribution >= 4 is 18.2 Å². The van der Waals surface area contributed by atoms with Gasteiger partial charge < -0.3 is 15.2 Å². The van der Waals surface area contributed by atoms with Crippen LogP contribution in [0.25, 0.3) is 0 Å². The molecule has 1 aromatic heterocycles. The molecule has 1 aromatic carbocycles. The molecular formula is C15H14N4O4. The zero-order valence-electron chi connectivity index (χ0n) is 12.2. The highest BCUT2D eigenvalue weighted by atomic mass is 16.5. The van der Waals surface area contributed by atoms with E-state index in [0.29, 0.717) is 11.3 Å². The van der Waals surface area contributed by atoms with Gasteiger partial charge in [-0.15, -0.1) is 0 Å². The Kier molecular flexibility index (Phi) is 5.24. The minimum Gasteiger partial charge on any atom is -0.465 e. The van der Waals surface area contributed by atoms with Crippen molar-refractivity contribution in [2.75, 3.05) is 7.11 Å². The number of aromatic nitrogens is 1. The number of primary amides is 1. The van der Waals surface area contributed by atoms with Crippen LogP contribution in [0.2, 0.25) is 0 Å². The molecule has 0 fully saturated rings. The number of hydrogen-bond acceptors (Lipinski definition) is 6. The zero-order chi connectivity index (χ0) is 16.7. The Hall–Kier alpha value is -3.42. The topological polar surface area (TPSA) is 116 Å². The standard InChI is InChI=1S/C15H14N4O4/c1-22-14(20)11-6-7-17-13(8-11)23-12-4-2-10(3-5-12)9-18-19-15(16)21/h2-9H,1H3,(H3,16,19,21). The van der Waals surface area contributed by atoms with Crippen LogP contribution in [0.15, 0.2) is 47.7 Å². The van der Waals surface area contributed by atoms with Gasteiger partial charge in [0.1, 0.15) is 5.75 Å². The first-order valence-electron chi connectivity index (χ1n) is 6.49. The molecule has 23 heavy (non-hydrogen) atoms. The van der Waals surface area contributed by atoms with E-state index >= 15 is 0 Å². The summed E-state index contributed by atoms with van der Waals surface area (Å²) in [5, 5.41) is 3.64. The van der Waals surface area contributed by atoms with Crippen LogP contribution in [-0.2, 0) is 4.74 Å². The maximum atomic E-state index is 11.5. The number of ether oxygens (including phenoxy) is 2. The molecule has 0 spiro atoms. The molecule has 0 bridgehead atoms. The lowest BCUT2D eigenvalue weighted by atomic mass is 10.2. The lowest BCUT2D eigenvalue weighted by Crippen LogP contribution is -2.24. The number of amides is 2. The smallest absolute Gasteiger partial charge is 0.338 e. The Balaban J connectivity index is 2.05. The number of hydrogen-bond donors (Lipinski definition) is 2. The van der Waals surface area contributed by atoms with Crippen molar-refractivity contribution in [3.05, 3.63) is 53.7 Å². The van der Waals surface area contributed by atoms with Gasteiger partial charge >= 0.3 is 12.0 Å². The molecule has 3 N–H and O–H groups in total. The first-order valence-corrected chi connectivity index (χ1v) is 6.49. The Labute approximate surface area is 131 Å². The van der Waals surface area contributed by atoms with Gasteiger partial charge in [-0.1, -0.05) is 0 Å². The van der Waals surface area contributed by atoms with Gasteiger partial charge in [-0.25, -0.2) is 20.0 Å². The van der Waals surface area contributed by atoms with E-state index in [4.69, 9.17) is 10.5 Å². The summed E-state index contributed by atoms with van der Waals surface area (Å²) < 4.78 is 10.2. The summed E-state index contributed by atoms with van der Waals surface area (Å²) in [6.07, 6.45) is 2.89. The van der Waals surface area contributed by atoms with Crippen molar-refractivity contribution < 1.29 is 19.1 Å². The van der Waals surface area contributed by atoms with E-state index < -0.39 is 12.0 Å². The van der Waals surface area contributed by atoms with Crippen LogP contribution in [-0.4, -0.2) is 30.3 Å². The van der Waals surface area contributed by atoms with Gasteiger partial charge in [0, 0.05) is 12.3 Å². The molecule has 1 heterocycles. The van der Waals surface area contributed by atoms with Gasteiger partial charge in [-0.05, 0) is 35.9 Å². The third kappa shape index (κ3) is 4.81. The number of nitrogens with two attached hydrogens (primary N) is 1. The molecule has 0 radical (unpaired) electrons. The SMILES string of the molecule is COC(=O)c1ccnc(Oc2ccc(C=NNC(N)=O)cc2)c1. The highest BCUT2D eigenvalue weighted by Gasteiger charge is 2.07. The molecular weight excluding hydrogens is 300 g/mol. The molecule has 2 aromatic rings. The van der Waals surface area contributed by atoms with Crippen molar-refractivity contribution in [1.82, 2.24) is 10.4 Å². The fourth-order valence-electron chi connectivity index (χ4n) is 1.62. The molecule has 0 saturated carbocycles. The minimum absolute atomic E-state index is 0.268. The molecule has 2 amide bonds. The number of nitrogens with zero attached hydrogens (tertiary/aromatic N) is 2. The molecule has 8 nitrogen and oxygen atoms in total. The van der Waals surface area contributed by atoms with Gasteiger partial charge in [0.2, 0.25) is 5.88 Å². The number of nitrogens with one attached hydrogen (secondary N) is 1. The fourth-order valence-corrected chi connectivity index (χ4v) is 1.62. The number of carbonyl (C=O) groups excluding carboxylic acids is 2. The molecule has 0 aliphatic heterocycles. The molecule has 0 aliphatic carbocycles. The second-order valence-corrected chi connectivity index (χ2v) is 4.28. The van der Waals surface area contributed by atoms with Crippen LogP contribution in [0, 0.1) is 0 Å². The number of urea groups is 1. The Morgan fingerprint density at radius 3 is 2.65 bits per heavy atom. The molecule has 8 heteroatoms. The summed E-state index contributed by atoms with van der Waals surface area (Å²) in [4.78, 5) is 26.0. The summed E-state index contributed by atoms with van der Waals surface area (Å²) >= 11 is 0. The Morgan fingerprint density at radius 2 is 2.00 bits per heavy atom. The third-order valence-corrected chi connectivity index (χ3v) is 2.65. The summed E-state index contributed by atoms with van der Waals surface area (Å²) in [6.45, 7) is 0. The van der Waals surface area contributed by atoms with Gasteiger partial charge in [-0.3, -0.25) is 0 Å². The third-order valence-electron chi connectivity index (χ3n) is 2.65. The van der Waals surface area contributed by atoms with E-state index in [2.05, 4.69) is 20.2 Å². The molecule has 0 aliphatic rings. The monoisotopic (exact) mass is 314 g/mol. The highest BCUT2D eigenvalue weighted by molar-refractivity contribution is 5.89. The van der Waals surface area contributed by atoms with Crippen LogP contribution in [0.4, 0.5) is 4.79 Å². The summed E-state index contributed by atoms with van der Waals surface area (Å²) in [6, 6.07) is 9.12. The normalized spacial score (nSPS) is 10.3. The maximum Gasteiger partial charge on any atom is 0.338 e. The highest BCUT2D eigenvalue weighted by Crippen LogP contribution is 2.20. The van der Waals surface area contributed by atoms with Crippen molar-refractivity contribution in [2.24, 2.45) is 10.8 Å². The Bertz CT molecular complexity index is 729. The predicted molar refractivity (Wildman–Crippen MR) is 82.4 cm³/mol. The minimum atomic E-state index is -0.738. The maximum absolute atomic E-state index is 11.5. The second-order valence-electron chi connectivity index (χ2n) is 4.28. The average molecular weight is 314 g/mol. The van der Waals surface area contributed by atoms with E-state index in [0.717, 1.165) is 5.56 Å². The molecule has 0 unspecified atom stereocenters. The van der Waals surface area contributed by atoms with E-state index in [1.165, 1.54) is 31.7 Å². The average Bonchev–Trinajstić information content (AvgIpc) is 2.55. The van der Waals surface area contributed by atoms with Crippen molar-refractivity contribution in [3.8, 4) is 11.6 Å². The first-order chi connectivity index (χ1) is 11.1. The fraction of sp³-hybridized carbons (Fsp3) is 0.0667.